The Hall–Kier alpha value is -2.13. The molecule has 0 amide bonds. The highest BCUT2D eigenvalue weighted by Gasteiger charge is 2.21. The molecule has 0 unspecified atom stereocenters. The van der Waals surface area contributed by atoms with E-state index in [1.807, 2.05) is 4.72 Å². The molecule has 1 aromatic carbocycles. The van der Waals surface area contributed by atoms with Gasteiger partial charge in [0.1, 0.15) is 17.2 Å². The van der Waals surface area contributed by atoms with Gasteiger partial charge in [-0.1, -0.05) is 6.07 Å². The van der Waals surface area contributed by atoms with Crippen LogP contribution in [0.3, 0.4) is 0 Å². The zero-order valence-corrected chi connectivity index (χ0v) is 11.3. The van der Waals surface area contributed by atoms with Crippen LogP contribution in [-0.4, -0.2) is 44.2 Å². The molecule has 0 radical (unpaired) electrons. The second-order valence-electron chi connectivity index (χ2n) is 3.77. The van der Waals surface area contributed by atoms with Crippen LogP contribution < -0.4 is 9.46 Å². The third kappa shape index (κ3) is 4.21. The third-order valence-electron chi connectivity index (χ3n) is 2.29. The second-order valence-corrected chi connectivity index (χ2v) is 5.51. The Labute approximate surface area is 115 Å². The van der Waals surface area contributed by atoms with E-state index in [-0.39, 0.29) is 22.6 Å². The number of nitrogens with one attached hydrogen (secondary N) is 1. The fraction of sp³-hybridized carbons (Fsp3) is 0.273. The number of carboxylic acid groups (broad SMARTS) is 2. The van der Waals surface area contributed by atoms with Gasteiger partial charge >= 0.3 is 11.9 Å². The molecule has 0 fully saturated rings. The molecule has 0 heterocycles. The fourth-order valence-corrected chi connectivity index (χ4v) is 2.64. The summed E-state index contributed by atoms with van der Waals surface area (Å²) in [6.07, 6.45) is -0.356. The van der Waals surface area contributed by atoms with Gasteiger partial charge in [-0.3, -0.25) is 9.59 Å². The van der Waals surface area contributed by atoms with Crippen molar-refractivity contribution in [3.05, 3.63) is 23.8 Å². The van der Waals surface area contributed by atoms with E-state index in [0.717, 1.165) is 6.07 Å². The van der Waals surface area contributed by atoms with Crippen molar-refractivity contribution in [3.63, 3.8) is 0 Å². The lowest BCUT2D eigenvalue weighted by molar-refractivity contribution is -0.136. The molecule has 0 saturated carbocycles. The maximum Gasteiger partial charge on any atom is 0.318 e. The average Bonchev–Trinajstić information content (AvgIpc) is 2.36. The summed E-state index contributed by atoms with van der Waals surface area (Å²) in [7, 11) is -2.85. The minimum Gasteiger partial charge on any atom is -0.495 e. The Balaban J connectivity index is 3.18. The van der Waals surface area contributed by atoms with E-state index in [2.05, 4.69) is 0 Å². The van der Waals surface area contributed by atoms with Gasteiger partial charge in [-0.2, -0.15) is 4.72 Å². The minimum atomic E-state index is -4.11. The molecule has 3 N–H and O–H groups in total. The summed E-state index contributed by atoms with van der Waals surface area (Å²) in [6.45, 7) is -0.783. The second kappa shape index (κ2) is 6.35. The van der Waals surface area contributed by atoms with Gasteiger partial charge in [0, 0.05) is 0 Å². The summed E-state index contributed by atoms with van der Waals surface area (Å²) in [5.74, 6) is -2.46. The van der Waals surface area contributed by atoms with Crippen molar-refractivity contribution in [2.24, 2.45) is 0 Å². The summed E-state index contributed by atoms with van der Waals surface area (Å²) < 4.78 is 30.7. The molecule has 0 saturated heterocycles. The van der Waals surface area contributed by atoms with E-state index in [9.17, 15) is 18.0 Å². The number of sulfonamides is 1. The maximum absolute atomic E-state index is 12.0. The first-order valence-electron chi connectivity index (χ1n) is 5.36. The van der Waals surface area contributed by atoms with Gasteiger partial charge in [0.15, 0.2) is 0 Å². The molecule has 0 aliphatic heterocycles. The number of benzene rings is 1. The number of hydrogen-bond donors (Lipinski definition) is 3. The Morgan fingerprint density at radius 2 is 1.90 bits per heavy atom. The van der Waals surface area contributed by atoms with E-state index in [4.69, 9.17) is 14.9 Å². The first kappa shape index (κ1) is 15.9. The number of aliphatic carboxylic acids is 2. The zero-order valence-electron chi connectivity index (χ0n) is 10.5. The van der Waals surface area contributed by atoms with Gasteiger partial charge in [0.25, 0.3) is 0 Å². The van der Waals surface area contributed by atoms with Crippen molar-refractivity contribution < 1.29 is 33.0 Å². The summed E-state index contributed by atoms with van der Waals surface area (Å²) >= 11 is 0. The van der Waals surface area contributed by atoms with Crippen molar-refractivity contribution in [2.75, 3.05) is 13.7 Å². The number of rotatable bonds is 7. The normalized spacial score (nSPS) is 11.1. The van der Waals surface area contributed by atoms with Gasteiger partial charge in [-0.05, 0) is 17.7 Å². The van der Waals surface area contributed by atoms with Crippen LogP contribution >= 0.6 is 0 Å². The monoisotopic (exact) mass is 303 g/mol. The van der Waals surface area contributed by atoms with E-state index < -0.39 is 28.5 Å². The molecule has 0 aliphatic rings. The van der Waals surface area contributed by atoms with Gasteiger partial charge in [0.05, 0.1) is 13.5 Å². The minimum absolute atomic E-state index is 0.00275. The lowest BCUT2D eigenvalue weighted by atomic mass is 10.1. The maximum atomic E-state index is 12.0. The third-order valence-corrected chi connectivity index (χ3v) is 3.71. The van der Waals surface area contributed by atoms with Crippen molar-refractivity contribution in [3.8, 4) is 5.75 Å². The highest BCUT2D eigenvalue weighted by atomic mass is 32.2. The zero-order chi connectivity index (χ0) is 15.3. The predicted octanol–water partition coefficient (Wildman–Crippen LogP) is -0.315. The molecule has 0 bridgehead atoms. The molecule has 1 aromatic rings. The number of methoxy groups -OCH3 is 1. The topological polar surface area (TPSA) is 130 Å². The van der Waals surface area contributed by atoms with Gasteiger partial charge in [-0.25, -0.2) is 8.42 Å². The quantitative estimate of drug-likeness (QED) is 0.629. The molecule has 20 heavy (non-hydrogen) atoms. The van der Waals surface area contributed by atoms with E-state index in [1.165, 1.54) is 19.2 Å². The molecule has 9 heteroatoms. The van der Waals surface area contributed by atoms with Crippen LogP contribution in [0.1, 0.15) is 5.56 Å². The van der Waals surface area contributed by atoms with E-state index in [1.54, 1.807) is 0 Å². The van der Waals surface area contributed by atoms with Crippen LogP contribution in [0.5, 0.6) is 5.75 Å². The first-order chi connectivity index (χ1) is 9.26. The number of carboxylic acids is 2. The number of hydrogen-bond acceptors (Lipinski definition) is 5. The van der Waals surface area contributed by atoms with Crippen molar-refractivity contribution >= 4 is 22.0 Å². The van der Waals surface area contributed by atoms with Crippen molar-refractivity contribution in [2.45, 2.75) is 11.3 Å². The Kier molecular flexibility index (Phi) is 5.06. The number of ether oxygens (including phenoxy) is 1. The summed E-state index contributed by atoms with van der Waals surface area (Å²) in [5.41, 5.74) is 0.258. The summed E-state index contributed by atoms with van der Waals surface area (Å²) in [4.78, 5) is 20.7. The highest BCUT2D eigenvalue weighted by Crippen LogP contribution is 2.24. The van der Waals surface area contributed by atoms with Gasteiger partial charge in [-0.15, -0.1) is 0 Å². The SMILES string of the molecule is COc1ccc(CC(=O)O)cc1S(=O)(=O)NCC(=O)O. The molecule has 0 spiro atoms. The lowest BCUT2D eigenvalue weighted by Crippen LogP contribution is -2.29. The van der Waals surface area contributed by atoms with Crippen LogP contribution in [0.4, 0.5) is 0 Å². The lowest BCUT2D eigenvalue weighted by Gasteiger charge is -2.11. The van der Waals surface area contributed by atoms with Crippen LogP contribution in [0.25, 0.3) is 0 Å². The van der Waals surface area contributed by atoms with Crippen LogP contribution in [0.15, 0.2) is 23.1 Å². The Morgan fingerprint density at radius 3 is 2.40 bits per heavy atom. The smallest absolute Gasteiger partial charge is 0.318 e. The molecule has 0 aromatic heterocycles. The molecule has 1 rings (SSSR count). The number of carbonyl (C=O) groups is 2. The molecular weight excluding hydrogens is 290 g/mol. The predicted molar refractivity (Wildman–Crippen MR) is 67.2 cm³/mol. The van der Waals surface area contributed by atoms with Crippen molar-refractivity contribution in [1.82, 2.24) is 4.72 Å². The van der Waals surface area contributed by atoms with Crippen LogP contribution in [-0.2, 0) is 26.0 Å². The molecule has 110 valence electrons. The first-order valence-corrected chi connectivity index (χ1v) is 6.84. The molecular formula is C11H13NO7S. The van der Waals surface area contributed by atoms with Crippen LogP contribution in [0, 0.1) is 0 Å². The molecule has 0 atom stereocenters. The summed E-state index contributed by atoms with van der Waals surface area (Å²) in [5, 5.41) is 17.2. The van der Waals surface area contributed by atoms with Crippen molar-refractivity contribution in [1.29, 1.82) is 0 Å². The largest absolute Gasteiger partial charge is 0.495 e. The Bertz CT molecular complexity index is 624. The average molecular weight is 303 g/mol. The standard InChI is InChI=1S/C11H13NO7S/c1-19-8-3-2-7(5-10(13)14)4-9(8)20(17,18)12-6-11(15)16/h2-4,12H,5-6H2,1H3,(H,13,14)(H,15,16). The van der Waals surface area contributed by atoms with E-state index >= 15 is 0 Å². The van der Waals surface area contributed by atoms with E-state index in [0.29, 0.717) is 0 Å². The molecule has 8 nitrogen and oxygen atoms in total. The molecule has 0 aliphatic carbocycles. The summed E-state index contributed by atoms with van der Waals surface area (Å²) in [6, 6.07) is 3.87. The highest BCUT2D eigenvalue weighted by molar-refractivity contribution is 7.89. The van der Waals surface area contributed by atoms with Gasteiger partial charge in [0.2, 0.25) is 10.0 Å². The Morgan fingerprint density at radius 1 is 1.25 bits per heavy atom. The fourth-order valence-electron chi connectivity index (χ4n) is 1.45. The van der Waals surface area contributed by atoms with Crippen LogP contribution in [0.2, 0.25) is 0 Å². The van der Waals surface area contributed by atoms with Gasteiger partial charge < -0.3 is 14.9 Å².